The molecule has 1 aromatic carbocycles. The Balaban J connectivity index is 2.14. The summed E-state index contributed by atoms with van der Waals surface area (Å²) in [5.41, 5.74) is 2.86. The van der Waals surface area contributed by atoms with Gasteiger partial charge in [0.25, 0.3) is 0 Å². The molecule has 0 saturated heterocycles. The first kappa shape index (κ1) is 25.6. The Morgan fingerprint density at radius 1 is 1.34 bits per heavy atom. The van der Waals surface area contributed by atoms with Crippen molar-refractivity contribution in [1.29, 1.82) is 0 Å². The highest BCUT2D eigenvalue weighted by Crippen LogP contribution is 2.26. The second-order valence-electron chi connectivity index (χ2n) is 8.67. The minimum absolute atomic E-state index is 0.188. The van der Waals surface area contributed by atoms with Crippen molar-refractivity contribution >= 4 is 27.6 Å². The van der Waals surface area contributed by atoms with Crippen molar-refractivity contribution in [1.82, 2.24) is 10.6 Å². The standard InChI is InChI=1S/C25H33BrN2O4/c1-16(18(3)31-23-10-11-27-15-22(23)26)12-21(17(2)29)20-9-7-8-19(13-20)14-28-24(30)32-25(4,5)6/h7-10,12-13,15,18,27,29H,11,14H2,1-6H3,(H,28,30)/b16-12+,21-17-/t18-/m1/s1. The number of benzene rings is 1. The molecule has 6 nitrogen and oxygen atoms in total. The number of hydrogen-bond donors (Lipinski definition) is 3. The number of aliphatic hydroxyl groups is 1. The number of allylic oxidation sites excluding steroid dienone is 4. The van der Waals surface area contributed by atoms with Crippen LogP contribution in [0.2, 0.25) is 0 Å². The number of aliphatic hydroxyl groups excluding tert-OH is 1. The summed E-state index contributed by atoms with van der Waals surface area (Å²) < 4.78 is 12.2. The largest absolute Gasteiger partial charge is 0.512 e. The van der Waals surface area contributed by atoms with Crippen molar-refractivity contribution in [3.05, 3.63) is 75.3 Å². The van der Waals surface area contributed by atoms with E-state index in [1.54, 1.807) is 6.92 Å². The van der Waals surface area contributed by atoms with Crippen LogP contribution in [-0.4, -0.2) is 29.4 Å². The third-order valence-electron chi connectivity index (χ3n) is 4.65. The number of carbonyl (C=O) groups excluding carboxylic acids is 1. The summed E-state index contributed by atoms with van der Waals surface area (Å²) in [4.78, 5) is 11.9. The van der Waals surface area contributed by atoms with E-state index in [-0.39, 0.29) is 11.9 Å². The summed E-state index contributed by atoms with van der Waals surface area (Å²) in [5, 5.41) is 16.2. The van der Waals surface area contributed by atoms with Crippen molar-refractivity contribution in [2.24, 2.45) is 0 Å². The Kier molecular flexibility index (Phi) is 9.01. The van der Waals surface area contributed by atoms with Crippen LogP contribution in [0.1, 0.15) is 52.7 Å². The lowest BCUT2D eigenvalue weighted by Crippen LogP contribution is -2.32. The van der Waals surface area contributed by atoms with Crippen LogP contribution in [0.15, 0.2) is 64.2 Å². The van der Waals surface area contributed by atoms with E-state index in [4.69, 9.17) is 9.47 Å². The molecule has 1 aliphatic heterocycles. The van der Waals surface area contributed by atoms with Crippen LogP contribution in [0.3, 0.4) is 0 Å². The molecule has 1 aromatic rings. The number of halogens is 1. The smallest absolute Gasteiger partial charge is 0.407 e. The molecule has 0 bridgehead atoms. The third kappa shape index (κ3) is 8.11. The van der Waals surface area contributed by atoms with Gasteiger partial charge in [-0.05, 0) is 92.4 Å². The van der Waals surface area contributed by atoms with Crippen molar-refractivity contribution in [3.63, 3.8) is 0 Å². The number of amides is 1. The van der Waals surface area contributed by atoms with E-state index in [0.717, 1.165) is 26.9 Å². The second-order valence-corrected chi connectivity index (χ2v) is 9.53. The van der Waals surface area contributed by atoms with Gasteiger partial charge in [-0.3, -0.25) is 0 Å². The van der Waals surface area contributed by atoms with Crippen LogP contribution < -0.4 is 10.6 Å². The minimum Gasteiger partial charge on any atom is -0.512 e. The normalized spacial score (nSPS) is 16.2. The van der Waals surface area contributed by atoms with Crippen molar-refractivity contribution in [2.45, 2.75) is 59.8 Å². The van der Waals surface area contributed by atoms with Gasteiger partial charge >= 0.3 is 6.09 Å². The molecule has 0 spiro atoms. The number of dihydropyridines is 1. The lowest BCUT2D eigenvalue weighted by molar-refractivity contribution is 0.0523. The first-order valence-corrected chi connectivity index (χ1v) is 11.4. The number of rotatable bonds is 7. The van der Waals surface area contributed by atoms with Crippen molar-refractivity contribution < 1.29 is 19.4 Å². The highest BCUT2D eigenvalue weighted by molar-refractivity contribution is 9.11. The van der Waals surface area contributed by atoms with Gasteiger partial charge in [0.1, 0.15) is 17.5 Å². The van der Waals surface area contributed by atoms with Crippen molar-refractivity contribution in [3.8, 4) is 0 Å². The molecule has 0 unspecified atom stereocenters. The summed E-state index contributed by atoms with van der Waals surface area (Å²) in [6.45, 7) is 12.1. The van der Waals surface area contributed by atoms with Gasteiger partial charge in [-0.2, -0.15) is 0 Å². The Morgan fingerprint density at radius 3 is 2.69 bits per heavy atom. The number of alkyl carbamates (subject to hydrolysis) is 1. The van der Waals surface area contributed by atoms with Crippen LogP contribution in [0.5, 0.6) is 0 Å². The van der Waals surface area contributed by atoms with E-state index in [9.17, 15) is 9.90 Å². The quantitative estimate of drug-likeness (QED) is 0.310. The van der Waals surface area contributed by atoms with Crippen LogP contribution in [0.25, 0.3) is 5.57 Å². The van der Waals surface area contributed by atoms with Crippen LogP contribution in [-0.2, 0) is 16.0 Å². The van der Waals surface area contributed by atoms with Crippen LogP contribution in [0.4, 0.5) is 4.79 Å². The average Bonchev–Trinajstić information content (AvgIpc) is 2.70. The third-order valence-corrected chi connectivity index (χ3v) is 5.27. The Hall–Kier alpha value is -2.67. The maximum Gasteiger partial charge on any atom is 0.407 e. The van der Waals surface area contributed by atoms with Gasteiger partial charge < -0.3 is 25.2 Å². The number of carbonyl (C=O) groups is 1. The second kappa shape index (κ2) is 11.3. The van der Waals surface area contributed by atoms with E-state index in [1.165, 1.54) is 0 Å². The van der Waals surface area contributed by atoms with Crippen molar-refractivity contribution in [2.75, 3.05) is 6.54 Å². The molecule has 0 saturated carbocycles. The Bertz CT molecular complexity index is 951. The monoisotopic (exact) mass is 504 g/mol. The molecule has 2 rings (SSSR count). The van der Waals surface area contributed by atoms with E-state index < -0.39 is 11.7 Å². The fourth-order valence-corrected chi connectivity index (χ4v) is 3.35. The Labute approximate surface area is 199 Å². The van der Waals surface area contributed by atoms with Gasteiger partial charge in [0.15, 0.2) is 0 Å². The van der Waals surface area contributed by atoms with Gasteiger partial charge in [0.05, 0.1) is 10.2 Å². The summed E-state index contributed by atoms with van der Waals surface area (Å²) in [6, 6.07) is 7.68. The van der Waals surface area contributed by atoms with E-state index >= 15 is 0 Å². The van der Waals surface area contributed by atoms with E-state index in [2.05, 4.69) is 26.6 Å². The zero-order valence-electron chi connectivity index (χ0n) is 19.6. The maximum atomic E-state index is 11.9. The molecule has 1 atom stereocenters. The predicted octanol–water partition coefficient (Wildman–Crippen LogP) is 6.08. The SMILES string of the molecule is C/C(O)=C(\C=C(/C)[C@@H](C)OC1=CCNC=C1Br)c1cccc(CNC(=O)OC(C)(C)C)c1. The average molecular weight is 505 g/mol. The molecule has 1 heterocycles. The first-order chi connectivity index (χ1) is 15.0. The molecule has 3 N–H and O–H groups in total. The van der Waals surface area contributed by atoms with E-state index in [1.807, 2.05) is 77.2 Å². The molecule has 1 aliphatic rings. The fourth-order valence-electron chi connectivity index (χ4n) is 2.94. The zero-order chi connectivity index (χ0) is 23.9. The lowest BCUT2D eigenvalue weighted by atomic mass is 9.98. The summed E-state index contributed by atoms with van der Waals surface area (Å²) in [5.74, 6) is 0.987. The van der Waals surface area contributed by atoms with Crippen LogP contribution in [0, 0.1) is 0 Å². The molecule has 0 radical (unpaired) electrons. The summed E-state index contributed by atoms with van der Waals surface area (Å²) >= 11 is 3.49. The number of hydrogen-bond acceptors (Lipinski definition) is 5. The number of ether oxygens (including phenoxy) is 2. The van der Waals surface area contributed by atoms with Gasteiger partial charge in [-0.25, -0.2) is 4.79 Å². The maximum absolute atomic E-state index is 11.9. The van der Waals surface area contributed by atoms with Gasteiger partial charge in [0.2, 0.25) is 0 Å². The molecular weight excluding hydrogens is 472 g/mol. The molecule has 0 aliphatic carbocycles. The first-order valence-electron chi connectivity index (χ1n) is 10.6. The van der Waals surface area contributed by atoms with Crippen LogP contribution >= 0.6 is 15.9 Å². The highest BCUT2D eigenvalue weighted by Gasteiger charge is 2.16. The number of nitrogens with one attached hydrogen (secondary N) is 2. The Morgan fingerprint density at radius 2 is 2.06 bits per heavy atom. The highest BCUT2D eigenvalue weighted by atomic mass is 79.9. The topological polar surface area (TPSA) is 79.8 Å². The van der Waals surface area contributed by atoms with Gasteiger partial charge in [-0.15, -0.1) is 0 Å². The van der Waals surface area contributed by atoms with Gasteiger partial charge in [-0.1, -0.05) is 18.2 Å². The summed E-state index contributed by atoms with van der Waals surface area (Å²) in [6.07, 6.45) is 5.11. The molecule has 0 aromatic heterocycles. The molecule has 174 valence electrons. The van der Waals surface area contributed by atoms with Gasteiger partial charge in [0, 0.05) is 24.9 Å². The molecule has 7 heteroatoms. The van der Waals surface area contributed by atoms with E-state index in [0.29, 0.717) is 18.7 Å². The zero-order valence-corrected chi connectivity index (χ0v) is 21.2. The molecule has 0 fully saturated rings. The molecule has 1 amide bonds. The predicted molar refractivity (Wildman–Crippen MR) is 132 cm³/mol. The molecule has 32 heavy (non-hydrogen) atoms. The fraction of sp³-hybridized carbons (Fsp3) is 0.400. The summed E-state index contributed by atoms with van der Waals surface area (Å²) in [7, 11) is 0. The minimum atomic E-state index is -0.549. The molecular formula is C25H33BrN2O4. The lowest BCUT2D eigenvalue weighted by Gasteiger charge is -2.21.